The molecule has 80 valence electrons. The van der Waals surface area contributed by atoms with Crippen molar-refractivity contribution in [2.75, 3.05) is 6.86 Å². The van der Waals surface area contributed by atoms with E-state index < -0.39 is 24.9 Å². The van der Waals surface area contributed by atoms with E-state index in [0.717, 1.165) is 0 Å². The molecule has 9 heteroatoms. The lowest BCUT2D eigenvalue weighted by atomic mass is 10.2. The van der Waals surface area contributed by atoms with Crippen molar-refractivity contribution in [2.24, 2.45) is 5.73 Å². The maximum atomic E-state index is 11.7. The van der Waals surface area contributed by atoms with E-state index in [1.54, 1.807) is 0 Å². The fourth-order valence-electron chi connectivity index (χ4n) is 0.410. The fraction of sp³-hybridized carbons (Fsp3) is 1.00. The molecule has 0 saturated heterocycles. The van der Waals surface area contributed by atoms with Gasteiger partial charge in [0.15, 0.2) is 6.86 Å². The van der Waals surface area contributed by atoms with Crippen molar-refractivity contribution in [1.82, 2.24) is 0 Å². The quantitative estimate of drug-likeness (QED) is 0.562. The van der Waals surface area contributed by atoms with E-state index in [0.29, 0.717) is 0 Å². The Bertz CT molecular complexity index is 158. The van der Waals surface area contributed by atoms with Crippen LogP contribution in [0.3, 0.4) is 0 Å². The maximum Gasteiger partial charge on any atom is 0.440 e. The second kappa shape index (κ2) is 3.29. The normalized spacial score (nSPS) is 14.8. The van der Waals surface area contributed by atoms with Crippen molar-refractivity contribution in [3.8, 4) is 0 Å². The van der Waals surface area contributed by atoms with Gasteiger partial charge < -0.3 is 4.74 Å². The van der Waals surface area contributed by atoms with Crippen molar-refractivity contribution >= 4 is 0 Å². The van der Waals surface area contributed by atoms with Crippen LogP contribution >= 0.6 is 0 Å². The lowest BCUT2D eigenvalue weighted by Crippen LogP contribution is -2.65. The highest BCUT2D eigenvalue weighted by Crippen LogP contribution is 2.41. The summed E-state index contributed by atoms with van der Waals surface area (Å²) >= 11 is 0. The molecule has 0 rings (SSSR count). The fourth-order valence-corrected chi connectivity index (χ4v) is 0.410. The van der Waals surface area contributed by atoms with E-state index in [9.17, 15) is 30.7 Å². The van der Waals surface area contributed by atoms with Gasteiger partial charge in [-0.1, -0.05) is 0 Å². The molecule has 0 heterocycles. The van der Waals surface area contributed by atoms with Crippen molar-refractivity contribution < 1.29 is 35.5 Å². The van der Waals surface area contributed by atoms with E-state index in [4.69, 9.17) is 0 Å². The van der Waals surface area contributed by atoms with E-state index in [-0.39, 0.29) is 0 Å². The molecule has 0 bridgehead atoms. The molecule has 0 aromatic carbocycles. The number of rotatable bonds is 2. The second-order valence-corrected chi connectivity index (χ2v) is 1.98. The molecule has 0 unspecified atom stereocenters. The summed E-state index contributed by atoms with van der Waals surface area (Å²) in [5.74, 6) is 0. The molecule has 13 heavy (non-hydrogen) atoms. The minimum atomic E-state index is -5.92. The minimum Gasteiger partial charge on any atom is -0.313 e. The van der Waals surface area contributed by atoms with Gasteiger partial charge in [0.25, 0.3) is 0 Å². The summed E-state index contributed by atoms with van der Waals surface area (Å²) in [6.07, 6.45) is -11.8. The maximum absolute atomic E-state index is 11.7. The summed E-state index contributed by atoms with van der Waals surface area (Å²) in [5.41, 5.74) is -1.10. The smallest absolute Gasteiger partial charge is 0.313 e. The van der Waals surface area contributed by atoms with Crippen LogP contribution in [0, 0.1) is 0 Å². The summed E-state index contributed by atoms with van der Waals surface area (Å²) in [5, 5.41) is 0. The van der Waals surface area contributed by atoms with Gasteiger partial charge in [0.1, 0.15) is 0 Å². The molecule has 0 aliphatic carbocycles. The Kier molecular flexibility index (Phi) is 3.15. The van der Waals surface area contributed by atoms with Gasteiger partial charge in [0, 0.05) is 0 Å². The van der Waals surface area contributed by atoms with Gasteiger partial charge in [-0.3, -0.25) is 5.73 Å². The van der Waals surface area contributed by atoms with Crippen LogP contribution in [0.5, 0.6) is 0 Å². The van der Waals surface area contributed by atoms with Crippen LogP contribution in [0.2, 0.25) is 0 Å². The number of hydrogen-bond donors (Lipinski definition) is 1. The zero-order valence-corrected chi connectivity index (χ0v) is 5.84. The molecule has 0 aliphatic heterocycles. The van der Waals surface area contributed by atoms with Crippen LogP contribution in [0.4, 0.5) is 30.7 Å². The molecular weight excluding hydrogens is 211 g/mol. The second-order valence-electron chi connectivity index (χ2n) is 1.98. The van der Waals surface area contributed by atoms with Crippen LogP contribution in [-0.4, -0.2) is 24.9 Å². The summed E-state index contributed by atoms with van der Waals surface area (Å²) in [4.78, 5) is 0. The van der Waals surface area contributed by atoms with Gasteiger partial charge in [-0.25, -0.2) is 4.39 Å². The first-order valence-corrected chi connectivity index (χ1v) is 2.68. The van der Waals surface area contributed by atoms with E-state index in [2.05, 4.69) is 10.5 Å². The summed E-state index contributed by atoms with van der Waals surface area (Å²) < 4.78 is 84.0. The van der Waals surface area contributed by atoms with Crippen molar-refractivity contribution in [2.45, 2.75) is 18.1 Å². The predicted molar refractivity (Wildman–Crippen MR) is 26.1 cm³/mol. The standard InChI is InChI=1S/C4H4F7NO/c5-1-13-2(12,3(6,7)8)4(9,10)11/h1,12H2. The van der Waals surface area contributed by atoms with Gasteiger partial charge in [-0.15, -0.1) is 0 Å². The Morgan fingerprint density at radius 2 is 1.23 bits per heavy atom. The highest BCUT2D eigenvalue weighted by Gasteiger charge is 2.70. The van der Waals surface area contributed by atoms with Crippen LogP contribution in [0.15, 0.2) is 0 Å². The Morgan fingerprint density at radius 1 is 0.923 bits per heavy atom. The largest absolute Gasteiger partial charge is 0.440 e. The third kappa shape index (κ3) is 2.21. The van der Waals surface area contributed by atoms with E-state index in [1.165, 1.54) is 0 Å². The third-order valence-corrected chi connectivity index (χ3v) is 1.12. The number of nitrogens with two attached hydrogens (primary N) is 1. The first-order chi connectivity index (χ1) is 5.56. The van der Waals surface area contributed by atoms with Gasteiger partial charge in [-0.05, 0) is 0 Å². The topological polar surface area (TPSA) is 35.2 Å². The number of hydrogen-bond acceptors (Lipinski definition) is 2. The molecule has 2 N–H and O–H groups in total. The Hall–Kier alpha value is -0.570. The molecule has 0 radical (unpaired) electrons. The van der Waals surface area contributed by atoms with Crippen LogP contribution in [0.25, 0.3) is 0 Å². The highest BCUT2D eigenvalue weighted by molar-refractivity contribution is 4.89. The highest BCUT2D eigenvalue weighted by atomic mass is 19.4. The van der Waals surface area contributed by atoms with E-state index >= 15 is 0 Å². The van der Waals surface area contributed by atoms with Crippen LogP contribution in [0.1, 0.15) is 0 Å². The van der Waals surface area contributed by atoms with Gasteiger partial charge in [0.05, 0.1) is 0 Å². The number of ether oxygens (including phenoxy) is 1. The average Bonchev–Trinajstić information content (AvgIpc) is 1.82. The van der Waals surface area contributed by atoms with Gasteiger partial charge >= 0.3 is 18.1 Å². The van der Waals surface area contributed by atoms with Crippen molar-refractivity contribution in [1.29, 1.82) is 0 Å². The molecule has 2 nitrogen and oxygen atoms in total. The summed E-state index contributed by atoms with van der Waals surface area (Å²) in [7, 11) is 0. The Morgan fingerprint density at radius 3 is 1.31 bits per heavy atom. The zero-order chi connectivity index (χ0) is 10.9. The molecule has 0 aromatic rings. The zero-order valence-electron chi connectivity index (χ0n) is 5.84. The molecule has 0 atom stereocenters. The average molecular weight is 215 g/mol. The first kappa shape index (κ1) is 12.4. The molecule has 0 aliphatic rings. The predicted octanol–water partition coefficient (Wildman–Crippen LogP) is 1.71. The van der Waals surface area contributed by atoms with E-state index in [1.807, 2.05) is 0 Å². The van der Waals surface area contributed by atoms with Crippen molar-refractivity contribution in [3.05, 3.63) is 0 Å². The Labute approximate surface area is 67.4 Å². The summed E-state index contributed by atoms with van der Waals surface area (Å²) in [6.45, 7) is -2.28. The lowest BCUT2D eigenvalue weighted by molar-refractivity contribution is -0.385. The van der Waals surface area contributed by atoms with Gasteiger partial charge in [0.2, 0.25) is 0 Å². The number of halogens is 7. The molecular formula is C4H4F7NO. The molecule has 0 saturated carbocycles. The van der Waals surface area contributed by atoms with Crippen molar-refractivity contribution in [3.63, 3.8) is 0 Å². The lowest BCUT2D eigenvalue weighted by Gasteiger charge is -2.31. The molecule has 0 fully saturated rings. The molecule has 0 aromatic heterocycles. The SMILES string of the molecule is NC(OCF)(C(F)(F)F)C(F)(F)F. The minimum absolute atomic E-state index is 2.28. The van der Waals surface area contributed by atoms with Crippen LogP contribution < -0.4 is 5.73 Å². The molecule has 0 spiro atoms. The molecule has 0 amide bonds. The third-order valence-electron chi connectivity index (χ3n) is 1.12. The first-order valence-electron chi connectivity index (χ1n) is 2.68. The monoisotopic (exact) mass is 215 g/mol. The summed E-state index contributed by atoms with van der Waals surface area (Å²) in [6, 6.07) is 0. The van der Waals surface area contributed by atoms with Gasteiger partial charge in [-0.2, -0.15) is 26.3 Å². The van der Waals surface area contributed by atoms with Crippen LogP contribution in [-0.2, 0) is 4.74 Å². The number of alkyl halides is 7. The Balaban J connectivity index is 4.96.